The summed E-state index contributed by atoms with van der Waals surface area (Å²) < 4.78 is 3.98. The fraction of sp³-hybridized carbons (Fsp3) is 0.636. The average molecular weight is 222 g/mol. The van der Waals surface area contributed by atoms with E-state index in [1.54, 1.807) is 6.20 Å². The molecule has 3 nitrogen and oxygen atoms in total. The summed E-state index contributed by atoms with van der Waals surface area (Å²) in [5, 5.41) is 0. The quantitative estimate of drug-likeness (QED) is 0.767. The topological polar surface area (TPSA) is 33.2 Å². The van der Waals surface area contributed by atoms with Gasteiger partial charge in [0.05, 0.1) is 0 Å². The smallest absolute Gasteiger partial charge is 0.265 e. The third-order valence-electron chi connectivity index (χ3n) is 3.95. The van der Waals surface area contributed by atoms with Crippen LogP contribution in [-0.2, 0) is 0 Å². The first-order valence-corrected chi connectivity index (χ1v) is 6.22. The molecule has 1 amide bonds. The second kappa shape index (κ2) is 3.04. The van der Waals surface area contributed by atoms with E-state index in [9.17, 15) is 4.79 Å². The van der Waals surface area contributed by atoms with Gasteiger partial charge in [0.25, 0.3) is 5.91 Å². The fourth-order valence-corrected chi connectivity index (χ4v) is 3.34. The predicted octanol–water partition coefficient (Wildman–Crippen LogP) is 2.02. The van der Waals surface area contributed by atoms with Crippen molar-refractivity contribution < 1.29 is 4.79 Å². The Balaban J connectivity index is 1.74. The normalized spacial score (nSPS) is 32.9. The van der Waals surface area contributed by atoms with Gasteiger partial charge in [0, 0.05) is 19.3 Å². The predicted molar refractivity (Wildman–Crippen MR) is 58.8 cm³/mol. The minimum Gasteiger partial charge on any atom is -0.337 e. The SMILES string of the molecule is CCC12CC1CN(C(=O)c1ccns1)C2. The molecule has 1 aromatic rings. The standard InChI is InChI=1S/C11H14N2OS/c1-2-11-5-8(11)6-13(7-11)10(14)9-3-4-12-15-9/h3-4,8H,2,5-7H2,1H3. The minimum atomic E-state index is 0.178. The van der Waals surface area contributed by atoms with E-state index in [4.69, 9.17) is 0 Å². The molecule has 1 saturated carbocycles. The maximum Gasteiger partial charge on any atom is 0.265 e. The van der Waals surface area contributed by atoms with Crippen LogP contribution in [0.25, 0.3) is 0 Å². The molecule has 0 radical (unpaired) electrons. The third-order valence-corrected chi connectivity index (χ3v) is 4.68. The first-order valence-electron chi connectivity index (χ1n) is 5.45. The fourth-order valence-electron chi connectivity index (χ4n) is 2.78. The molecular weight excluding hydrogens is 208 g/mol. The van der Waals surface area contributed by atoms with Gasteiger partial charge in [-0.05, 0) is 41.8 Å². The van der Waals surface area contributed by atoms with Crippen LogP contribution >= 0.6 is 11.5 Å². The molecule has 1 aliphatic carbocycles. The molecule has 2 atom stereocenters. The van der Waals surface area contributed by atoms with Crippen LogP contribution in [0.15, 0.2) is 12.3 Å². The molecule has 2 heterocycles. The zero-order valence-corrected chi connectivity index (χ0v) is 9.59. The number of amides is 1. The lowest BCUT2D eigenvalue weighted by molar-refractivity contribution is 0.0769. The Morgan fingerprint density at radius 3 is 3.27 bits per heavy atom. The van der Waals surface area contributed by atoms with Crippen molar-refractivity contribution in [3.05, 3.63) is 17.1 Å². The Bertz CT molecular complexity index is 385. The van der Waals surface area contributed by atoms with Gasteiger partial charge in [0.2, 0.25) is 0 Å². The van der Waals surface area contributed by atoms with Crippen molar-refractivity contribution in [2.75, 3.05) is 13.1 Å². The molecule has 0 spiro atoms. The van der Waals surface area contributed by atoms with Crippen LogP contribution in [0.4, 0.5) is 0 Å². The summed E-state index contributed by atoms with van der Waals surface area (Å²) in [6, 6.07) is 1.82. The highest BCUT2D eigenvalue weighted by Crippen LogP contribution is 2.60. The van der Waals surface area contributed by atoms with Gasteiger partial charge in [-0.3, -0.25) is 4.79 Å². The van der Waals surface area contributed by atoms with Crippen LogP contribution in [0.5, 0.6) is 0 Å². The monoisotopic (exact) mass is 222 g/mol. The van der Waals surface area contributed by atoms with E-state index in [1.165, 1.54) is 24.4 Å². The molecular formula is C11H14N2OS. The number of aromatic nitrogens is 1. The van der Waals surface area contributed by atoms with E-state index in [2.05, 4.69) is 11.3 Å². The van der Waals surface area contributed by atoms with Crippen LogP contribution in [0.2, 0.25) is 0 Å². The van der Waals surface area contributed by atoms with Crippen molar-refractivity contribution in [2.45, 2.75) is 19.8 Å². The van der Waals surface area contributed by atoms with E-state index >= 15 is 0 Å². The van der Waals surface area contributed by atoms with Crippen molar-refractivity contribution in [3.8, 4) is 0 Å². The lowest BCUT2D eigenvalue weighted by atomic mass is 10.0. The Hall–Kier alpha value is -0.900. The highest BCUT2D eigenvalue weighted by molar-refractivity contribution is 7.08. The number of likely N-dealkylation sites (tertiary alicyclic amines) is 1. The number of rotatable bonds is 2. The Morgan fingerprint density at radius 2 is 2.67 bits per heavy atom. The van der Waals surface area contributed by atoms with Gasteiger partial charge in [0.1, 0.15) is 4.88 Å². The van der Waals surface area contributed by atoms with Gasteiger partial charge >= 0.3 is 0 Å². The lowest BCUT2D eigenvalue weighted by Crippen LogP contribution is -2.31. The first-order chi connectivity index (χ1) is 7.25. The van der Waals surface area contributed by atoms with Crippen molar-refractivity contribution in [3.63, 3.8) is 0 Å². The molecule has 2 fully saturated rings. The summed E-state index contributed by atoms with van der Waals surface area (Å²) in [4.78, 5) is 14.8. The molecule has 15 heavy (non-hydrogen) atoms. The largest absolute Gasteiger partial charge is 0.337 e. The zero-order valence-electron chi connectivity index (χ0n) is 8.77. The average Bonchev–Trinajstić information content (AvgIpc) is 2.73. The number of carbonyl (C=O) groups excluding carboxylic acids is 1. The molecule has 0 aromatic carbocycles. The van der Waals surface area contributed by atoms with Crippen LogP contribution in [-0.4, -0.2) is 28.3 Å². The van der Waals surface area contributed by atoms with Crippen molar-refractivity contribution in [2.24, 2.45) is 11.3 Å². The molecule has 0 bridgehead atoms. The summed E-state index contributed by atoms with van der Waals surface area (Å²) in [5.74, 6) is 0.955. The van der Waals surface area contributed by atoms with Crippen LogP contribution < -0.4 is 0 Å². The first kappa shape index (κ1) is 9.33. The molecule has 3 rings (SSSR count). The molecule has 0 N–H and O–H groups in total. The highest BCUT2D eigenvalue weighted by Gasteiger charge is 2.59. The number of fused-ring (bicyclic) bond motifs is 1. The molecule has 80 valence electrons. The molecule has 2 unspecified atom stereocenters. The van der Waals surface area contributed by atoms with Crippen LogP contribution in [0, 0.1) is 11.3 Å². The number of carbonyl (C=O) groups is 1. The highest BCUT2D eigenvalue weighted by atomic mass is 32.1. The van der Waals surface area contributed by atoms with Crippen molar-refractivity contribution in [1.82, 2.24) is 9.27 Å². The minimum absolute atomic E-state index is 0.178. The van der Waals surface area contributed by atoms with Gasteiger partial charge in [-0.15, -0.1) is 0 Å². The molecule has 2 aliphatic rings. The molecule has 1 aromatic heterocycles. The number of hydrogen-bond acceptors (Lipinski definition) is 3. The summed E-state index contributed by atoms with van der Waals surface area (Å²) >= 11 is 1.30. The van der Waals surface area contributed by atoms with Crippen molar-refractivity contribution in [1.29, 1.82) is 0 Å². The number of piperidine rings is 1. The van der Waals surface area contributed by atoms with Gasteiger partial charge in [-0.1, -0.05) is 6.92 Å². The Labute approximate surface area is 93.3 Å². The van der Waals surface area contributed by atoms with E-state index in [0.717, 1.165) is 23.9 Å². The molecule has 1 aliphatic heterocycles. The van der Waals surface area contributed by atoms with Crippen molar-refractivity contribution >= 4 is 17.4 Å². The zero-order chi connectivity index (χ0) is 10.5. The maximum atomic E-state index is 12.0. The summed E-state index contributed by atoms with van der Waals surface area (Å²) in [7, 11) is 0. The van der Waals surface area contributed by atoms with Crippen LogP contribution in [0.1, 0.15) is 29.4 Å². The third kappa shape index (κ3) is 1.31. The molecule has 4 heteroatoms. The number of hydrogen-bond donors (Lipinski definition) is 0. The summed E-state index contributed by atoms with van der Waals surface area (Å²) in [6.45, 7) is 4.16. The lowest BCUT2D eigenvalue weighted by Gasteiger charge is -2.19. The van der Waals surface area contributed by atoms with E-state index in [-0.39, 0.29) is 5.91 Å². The second-order valence-corrected chi connectivity index (χ2v) is 5.51. The van der Waals surface area contributed by atoms with Gasteiger partial charge in [-0.25, -0.2) is 4.37 Å². The summed E-state index contributed by atoms with van der Waals surface area (Å²) in [6.07, 6.45) is 4.24. The molecule has 1 saturated heterocycles. The van der Waals surface area contributed by atoms with Gasteiger partial charge in [-0.2, -0.15) is 0 Å². The Morgan fingerprint density at radius 1 is 1.80 bits per heavy atom. The van der Waals surface area contributed by atoms with E-state index in [1.807, 2.05) is 11.0 Å². The van der Waals surface area contributed by atoms with E-state index in [0.29, 0.717) is 5.41 Å². The Kier molecular flexibility index (Phi) is 1.89. The van der Waals surface area contributed by atoms with E-state index < -0.39 is 0 Å². The number of nitrogens with zero attached hydrogens (tertiary/aromatic N) is 2. The van der Waals surface area contributed by atoms with Gasteiger partial charge < -0.3 is 4.90 Å². The van der Waals surface area contributed by atoms with Gasteiger partial charge in [0.15, 0.2) is 0 Å². The second-order valence-electron chi connectivity index (χ2n) is 4.68. The summed E-state index contributed by atoms with van der Waals surface area (Å²) in [5.41, 5.74) is 0.486. The van der Waals surface area contributed by atoms with Crippen LogP contribution in [0.3, 0.4) is 0 Å². The maximum absolute atomic E-state index is 12.0.